The van der Waals surface area contributed by atoms with Gasteiger partial charge in [0.2, 0.25) is 0 Å². The Morgan fingerprint density at radius 1 is 1.19 bits per heavy atom. The Hall–Kier alpha value is -1.88. The van der Waals surface area contributed by atoms with Gasteiger partial charge in [0, 0.05) is 17.6 Å². The van der Waals surface area contributed by atoms with Gasteiger partial charge >= 0.3 is 6.03 Å². The first kappa shape index (κ1) is 14.1. The number of fused-ring (bicyclic) bond motifs is 1. The number of benzene rings is 2. The molecule has 3 rings (SSSR count). The summed E-state index contributed by atoms with van der Waals surface area (Å²) < 4.78 is 13.6. The lowest BCUT2D eigenvalue weighted by atomic mass is 10.0. The number of amides is 2. The summed E-state index contributed by atoms with van der Waals surface area (Å²) in [5.41, 5.74) is 3.04. The first-order chi connectivity index (χ1) is 10.1. The number of halogens is 2. The van der Waals surface area contributed by atoms with E-state index in [9.17, 15) is 9.18 Å². The van der Waals surface area contributed by atoms with E-state index in [0.717, 1.165) is 6.42 Å². The summed E-state index contributed by atoms with van der Waals surface area (Å²) in [7, 11) is 0. The molecule has 0 saturated heterocycles. The van der Waals surface area contributed by atoms with E-state index >= 15 is 0 Å². The number of carbonyl (C=O) groups excluding carboxylic acids is 1. The van der Waals surface area contributed by atoms with Gasteiger partial charge in [0.15, 0.2) is 0 Å². The summed E-state index contributed by atoms with van der Waals surface area (Å²) in [4.78, 5) is 14.1. The van der Waals surface area contributed by atoms with Crippen molar-refractivity contribution in [1.82, 2.24) is 4.90 Å². The van der Waals surface area contributed by atoms with Crippen LogP contribution in [-0.4, -0.2) is 17.5 Å². The summed E-state index contributed by atoms with van der Waals surface area (Å²) in [5.74, 6) is -0.341. The third-order valence-corrected chi connectivity index (χ3v) is 4.25. The van der Waals surface area contributed by atoms with Gasteiger partial charge in [-0.25, -0.2) is 9.18 Å². The molecule has 0 bridgehead atoms. The second kappa shape index (κ2) is 5.85. The monoisotopic (exact) mass is 348 g/mol. The van der Waals surface area contributed by atoms with Crippen LogP contribution in [-0.2, 0) is 13.0 Å². The molecule has 0 fully saturated rings. The molecule has 1 aliphatic rings. The fourth-order valence-corrected chi connectivity index (χ4v) is 2.90. The highest BCUT2D eigenvalue weighted by Gasteiger charge is 2.20. The van der Waals surface area contributed by atoms with E-state index in [-0.39, 0.29) is 11.8 Å². The van der Waals surface area contributed by atoms with Crippen LogP contribution in [0.15, 0.2) is 46.9 Å². The van der Waals surface area contributed by atoms with Gasteiger partial charge < -0.3 is 10.2 Å². The van der Waals surface area contributed by atoms with Gasteiger partial charge in [-0.2, -0.15) is 0 Å². The van der Waals surface area contributed by atoms with Crippen molar-refractivity contribution in [2.75, 3.05) is 11.9 Å². The molecule has 0 aliphatic carbocycles. The molecule has 2 aromatic carbocycles. The molecule has 0 aromatic heterocycles. The molecule has 0 atom stereocenters. The molecule has 0 spiro atoms. The van der Waals surface area contributed by atoms with E-state index in [1.807, 2.05) is 18.2 Å². The van der Waals surface area contributed by atoms with Crippen LogP contribution in [0.2, 0.25) is 0 Å². The lowest BCUT2D eigenvalue weighted by molar-refractivity contribution is 0.206. The Balaban J connectivity index is 1.72. The first-order valence-electron chi connectivity index (χ1n) is 6.71. The minimum absolute atomic E-state index is 0.170. The molecule has 2 aromatic rings. The molecule has 1 heterocycles. The summed E-state index contributed by atoms with van der Waals surface area (Å²) in [6.07, 6.45) is 0.855. The fourth-order valence-electron chi connectivity index (χ4n) is 2.45. The van der Waals surface area contributed by atoms with Crippen LogP contribution in [0, 0.1) is 5.82 Å². The number of anilines is 1. The van der Waals surface area contributed by atoms with Crippen LogP contribution >= 0.6 is 15.9 Å². The molecular formula is C16H14BrFN2O. The standard InChI is InChI=1S/C16H14BrFN2O/c17-14-9-13(18)5-6-15(14)19-16(21)20-8-7-11-3-1-2-4-12(11)10-20/h1-6,9H,7-8,10H2,(H,19,21). The predicted octanol–water partition coefficient (Wildman–Crippen LogP) is 4.18. The van der Waals surface area contributed by atoms with Gasteiger partial charge in [-0.1, -0.05) is 24.3 Å². The summed E-state index contributed by atoms with van der Waals surface area (Å²) in [5, 5.41) is 2.81. The van der Waals surface area contributed by atoms with E-state index in [1.165, 1.54) is 23.3 Å². The highest BCUT2D eigenvalue weighted by Crippen LogP contribution is 2.24. The second-order valence-corrected chi connectivity index (χ2v) is 5.85. The van der Waals surface area contributed by atoms with Crippen LogP contribution in [0.3, 0.4) is 0 Å². The van der Waals surface area contributed by atoms with E-state index in [0.29, 0.717) is 23.2 Å². The maximum absolute atomic E-state index is 13.1. The number of urea groups is 1. The first-order valence-corrected chi connectivity index (χ1v) is 7.50. The van der Waals surface area contributed by atoms with E-state index in [2.05, 4.69) is 27.3 Å². The molecule has 108 valence electrons. The average Bonchev–Trinajstić information content (AvgIpc) is 2.49. The van der Waals surface area contributed by atoms with E-state index in [4.69, 9.17) is 0 Å². The van der Waals surface area contributed by atoms with Crippen LogP contribution in [0.1, 0.15) is 11.1 Å². The quantitative estimate of drug-likeness (QED) is 0.823. The number of rotatable bonds is 1. The molecule has 21 heavy (non-hydrogen) atoms. The largest absolute Gasteiger partial charge is 0.322 e. The normalized spacial score (nSPS) is 13.7. The highest BCUT2D eigenvalue weighted by atomic mass is 79.9. The zero-order valence-electron chi connectivity index (χ0n) is 11.3. The molecule has 5 heteroatoms. The Kier molecular flexibility index (Phi) is 3.92. The third kappa shape index (κ3) is 3.08. The molecule has 1 aliphatic heterocycles. The molecule has 2 amide bonds. The van der Waals surface area contributed by atoms with E-state index in [1.54, 1.807) is 11.0 Å². The lowest BCUT2D eigenvalue weighted by Crippen LogP contribution is -2.38. The predicted molar refractivity (Wildman–Crippen MR) is 83.7 cm³/mol. The number of carbonyl (C=O) groups is 1. The molecule has 0 radical (unpaired) electrons. The smallest absolute Gasteiger partial charge is 0.320 e. The maximum Gasteiger partial charge on any atom is 0.322 e. The van der Waals surface area contributed by atoms with Crippen LogP contribution in [0.5, 0.6) is 0 Å². The number of nitrogens with one attached hydrogen (secondary N) is 1. The zero-order valence-corrected chi connectivity index (χ0v) is 12.9. The van der Waals surface area contributed by atoms with E-state index < -0.39 is 0 Å². The van der Waals surface area contributed by atoms with Gasteiger partial charge in [-0.3, -0.25) is 0 Å². The van der Waals surface area contributed by atoms with Gasteiger partial charge in [-0.15, -0.1) is 0 Å². The van der Waals surface area contributed by atoms with Crippen molar-refractivity contribution in [2.24, 2.45) is 0 Å². The Labute approximate surface area is 130 Å². The van der Waals surface area contributed by atoms with Crippen molar-refractivity contribution in [1.29, 1.82) is 0 Å². The van der Waals surface area contributed by atoms with Crippen molar-refractivity contribution in [3.63, 3.8) is 0 Å². The SMILES string of the molecule is O=C(Nc1ccc(F)cc1Br)N1CCc2ccccc2C1. The van der Waals surface area contributed by atoms with Crippen LogP contribution < -0.4 is 5.32 Å². The highest BCUT2D eigenvalue weighted by molar-refractivity contribution is 9.10. The third-order valence-electron chi connectivity index (χ3n) is 3.59. The Morgan fingerprint density at radius 2 is 1.95 bits per heavy atom. The minimum Gasteiger partial charge on any atom is -0.320 e. The summed E-state index contributed by atoms with van der Waals surface area (Å²) in [6.45, 7) is 1.28. The summed E-state index contributed by atoms with van der Waals surface area (Å²) >= 11 is 3.25. The molecule has 0 unspecified atom stereocenters. The van der Waals surface area contributed by atoms with Crippen molar-refractivity contribution in [2.45, 2.75) is 13.0 Å². The Morgan fingerprint density at radius 3 is 2.71 bits per heavy atom. The molecular weight excluding hydrogens is 335 g/mol. The number of hydrogen-bond donors (Lipinski definition) is 1. The lowest BCUT2D eigenvalue weighted by Gasteiger charge is -2.29. The molecule has 1 N–H and O–H groups in total. The van der Waals surface area contributed by atoms with Gasteiger partial charge in [0.05, 0.1) is 5.69 Å². The summed E-state index contributed by atoms with van der Waals surface area (Å²) in [6, 6.07) is 12.2. The van der Waals surface area contributed by atoms with Crippen LogP contribution in [0.4, 0.5) is 14.9 Å². The van der Waals surface area contributed by atoms with Crippen molar-refractivity contribution in [3.05, 3.63) is 63.9 Å². The van der Waals surface area contributed by atoms with Crippen molar-refractivity contribution in [3.8, 4) is 0 Å². The molecule has 0 saturated carbocycles. The number of nitrogens with zero attached hydrogens (tertiary/aromatic N) is 1. The van der Waals surface area contributed by atoms with Gasteiger partial charge in [0.25, 0.3) is 0 Å². The van der Waals surface area contributed by atoms with Crippen LogP contribution in [0.25, 0.3) is 0 Å². The van der Waals surface area contributed by atoms with Crippen molar-refractivity contribution < 1.29 is 9.18 Å². The average molecular weight is 349 g/mol. The maximum atomic E-state index is 13.1. The zero-order chi connectivity index (χ0) is 14.8. The topological polar surface area (TPSA) is 32.3 Å². The molecule has 3 nitrogen and oxygen atoms in total. The number of hydrogen-bond acceptors (Lipinski definition) is 1. The van der Waals surface area contributed by atoms with Gasteiger partial charge in [-0.05, 0) is 51.7 Å². The second-order valence-electron chi connectivity index (χ2n) is 4.99. The van der Waals surface area contributed by atoms with Crippen molar-refractivity contribution >= 4 is 27.6 Å². The minimum atomic E-state index is -0.341. The fraction of sp³-hybridized carbons (Fsp3) is 0.188. The Bertz CT molecular complexity index is 690. The van der Waals surface area contributed by atoms with Gasteiger partial charge in [0.1, 0.15) is 5.82 Å².